The Hall–Kier alpha value is -2.15. The van der Waals surface area contributed by atoms with Crippen molar-refractivity contribution in [1.82, 2.24) is 0 Å². The molecule has 0 aliphatic carbocycles. The lowest BCUT2D eigenvalue weighted by atomic mass is 10.1. The SMILES string of the molecule is O=CC#Cc1cc(F)ccc1C(=O)O. The highest BCUT2D eigenvalue weighted by Crippen LogP contribution is 2.09. The Bertz CT molecular complexity index is 440. The highest BCUT2D eigenvalue weighted by molar-refractivity contribution is 5.91. The molecule has 14 heavy (non-hydrogen) atoms. The minimum atomic E-state index is -1.21. The number of carboxylic acid groups (broad SMARTS) is 1. The Labute approximate surface area is 79.2 Å². The minimum Gasteiger partial charge on any atom is -0.478 e. The highest BCUT2D eigenvalue weighted by Gasteiger charge is 2.08. The number of benzene rings is 1. The average molecular weight is 192 g/mol. The van der Waals surface area contributed by atoms with Crippen LogP contribution in [0.15, 0.2) is 18.2 Å². The molecule has 0 bridgehead atoms. The van der Waals surface area contributed by atoms with Crippen LogP contribution < -0.4 is 0 Å². The molecular weight excluding hydrogens is 187 g/mol. The molecule has 0 fully saturated rings. The van der Waals surface area contributed by atoms with Gasteiger partial charge in [-0.3, -0.25) is 4.79 Å². The summed E-state index contributed by atoms with van der Waals surface area (Å²) in [5.41, 5.74) is -0.134. The van der Waals surface area contributed by atoms with Crippen LogP contribution in [-0.4, -0.2) is 17.4 Å². The molecule has 0 atom stereocenters. The van der Waals surface area contributed by atoms with Gasteiger partial charge in [0, 0.05) is 5.56 Å². The number of halogens is 1. The first-order chi connectivity index (χ1) is 6.65. The van der Waals surface area contributed by atoms with Gasteiger partial charge in [0.15, 0.2) is 6.29 Å². The molecule has 0 aromatic heterocycles. The molecule has 0 spiro atoms. The van der Waals surface area contributed by atoms with Gasteiger partial charge in [-0.25, -0.2) is 9.18 Å². The van der Waals surface area contributed by atoms with E-state index in [0.29, 0.717) is 6.29 Å². The molecule has 1 N–H and O–H groups in total. The normalized spacial score (nSPS) is 8.64. The van der Waals surface area contributed by atoms with Gasteiger partial charge in [0.25, 0.3) is 0 Å². The van der Waals surface area contributed by atoms with Crippen molar-refractivity contribution in [2.24, 2.45) is 0 Å². The topological polar surface area (TPSA) is 54.4 Å². The predicted molar refractivity (Wildman–Crippen MR) is 46.3 cm³/mol. The van der Waals surface area contributed by atoms with Crippen molar-refractivity contribution in [2.75, 3.05) is 0 Å². The monoisotopic (exact) mass is 192 g/mol. The molecule has 0 heterocycles. The quantitative estimate of drug-likeness (QED) is 0.535. The van der Waals surface area contributed by atoms with Gasteiger partial charge in [0.1, 0.15) is 5.82 Å². The Kier molecular flexibility index (Phi) is 2.97. The third-order valence-electron chi connectivity index (χ3n) is 1.48. The van der Waals surface area contributed by atoms with Gasteiger partial charge in [0.05, 0.1) is 5.56 Å². The van der Waals surface area contributed by atoms with E-state index in [4.69, 9.17) is 5.11 Å². The molecule has 0 unspecified atom stereocenters. The van der Waals surface area contributed by atoms with E-state index in [-0.39, 0.29) is 11.1 Å². The van der Waals surface area contributed by atoms with E-state index in [2.05, 4.69) is 5.92 Å². The lowest BCUT2D eigenvalue weighted by molar-refractivity contribution is -0.103. The Morgan fingerprint density at radius 2 is 2.21 bits per heavy atom. The van der Waals surface area contributed by atoms with Gasteiger partial charge in [-0.05, 0) is 24.1 Å². The number of rotatable bonds is 1. The van der Waals surface area contributed by atoms with Crippen molar-refractivity contribution in [1.29, 1.82) is 0 Å². The zero-order chi connectivity index (χ0) is 10.6. The molecular formula is C10H5FO3. The largest absolute Gasteiger partial charge is 0.478 e. The van der Waals surface area contributed by atoms with Gasteiger partial charge in [0.2, 0.25) is 0 Å². The van der Waals surface area contributed by atoms with Crippen LogP contribution in [0, 0.1) is 17.7 Å². The van der Waals surface area contributed by atoms with E-state index in [1.54, 1.807) is 0 Å². The van der Waals surface area contributed by atoms with Crippen molar-refractivity contribution in [2.45, 2.75) is 0 Å². The second-order valence-corrected chi connectivity index (χ2v) is 2.38. The molecule has 1 aromatic rings. The molecule has 3 nitrogen and oxygen atoms in total. The standard InChI is InChI=1S/C10H5FO3/c11-8-3-4-9(10(13)14)7(6-8)2-1-5-12/h3-6H,(H,13,14). The molecule has 0 aliphatic heterocycles. The lowest BCUT2D eigenvalue weighted by Crippen LogP contribution is -2.00. The summed E-state index contributed by atoms with van der Waals surface area (Å²) in [6.45, 7) is 0. The van der Waals surface area contributed by atoms with Gasteiger partial charge < -0.3 is 5.11 Å². The van der Waals surface area contributed by atoms with Crippen molar-refractivity contribution >= 4 is 12.3 Å². The Morgan fingerprint density at radius 3 is 2.79 bits per heavy atom. The Balaban J connectivity index is 3.29. The summed E-state index contributed by atoms with van der Waals surface area (Å²) < 4.78 is 12.7. The summed E-state index contributed by atoms with van der Waals surface area (Å²) in [5.74, 6) is 2.47. The minimum absolute atomic E-state index is 0.00963. The van der Waals surface area contributed by atoms with Crippen LogP contribution >= 0.6 is 0 Å². The molecule has 4 heteroatoms. The molecule has 1 aromatic carbocycles. The lowest BCUT2D eigenvalue weighted by Gasteiger charge is -1.97. The highest BCUT2D eigenvalue weighted by atomic mass is 19.1. The van der Waals surface area contributed by atoms with E-state index < -0.39 is 11.8 Å². The molecule has 0 saturated heterocycles. The molecule has 0 amide bonds. The molecule has 0 radical (unpaired) electrons. The van der Waals surface area contributed by atoms with Gasteiger partial charge in [-0.1, -0.05) is 5.92 Å². The van der Waals surface area contributed by atoms with Crippen molar-refractivity contribution in [3.05, 3.63) is 35.1 Å². The van der Waals surface area contributed by atoms with Crippen LogP contribution in [0.3, 0.4) is 0 Å². The predicted octanol–water partition coefficient (Wildman–Crippen LogP) is 1.07. The van der Waals surface area contributed by atoms with Crippen LogP contribution in [-0.2, 0) is 4.79 Å². The summed E-state index contributed by atoms with van der Waals surface area (Å²) >= 11 is 0. The van der Waals surface area contributed by atoms with Crippen LogP contribution in [0.25, 0.3) is 0 Å². The maximum Gasteiger partial charge on any atom is 0.336 e. The van der Waals surface area contributed by atoms with Gasteiger partial charge in [-0.2, -0.15) is 0 Å². The number of hydrogen-bond donors (Lipinski definition) is 1. The van der Waals surface area contributed by atoms with Crippen molar-refractivity contribution in [3.8, 4) is 11.8 Å². The van der Waals surface area contributed by atoms with E-state index >= 15 is 0 Å². The average Bonchev–Trinajstić information content (AvgIpc) is 2.14. The summed E-state index contributed by atoms with van der Waals surface area (Å²) in [7, 11) is 0. The molecule has 0 saturated carbocycles. The smallest absolute Gasteiger partial charge is 0.336 e. The molecule has 70 valence electrons. The fraction of sp³-hybridized carbons (Fsp3) is 0. The van der Waals surface area contributed by atoms with Crippen LogP contribution in [0.2, 0.25) is 0 Å². The summed E-state index contributed by atoms with van der Waals surface area (Å²) in [5, 5.41) is 8.68. The fourth-order valence-corrected chi connectivity index (χ4v) is 0.914. The zero-order valence-corrected chi connectivity index (χ0v) is 6.95. The summed E-state index contributed by atoms with van der Waals surface area (Å²) in [4.78, 5) is 20.5. The number of hydrogen-bond acceptors (Lipinski definition) is 2. The third-order valence-corrected chi connectivity index (χ3v) is 1.48. The number of carboxylic acids is 1. The van der Waals surface area contributed by atoms with Crippen LogP contribution in [0.5, 0.6) is 0 Å². The number of carbonyl (C=O) groups excluding carboxylic acids is 1. The first-order valence-corrected chi connectivity index (χ1v) is 3.63. The van der Waals surface area contributed by atoms with E-state index in [9.17, 15) is 14.0 Å². The second kappa shape index (κ2) is 4.19. The number of aromatic carboxylic acids is 1. The van der Waals surface area contributed by atoms with E-state index in [0.717, 1.165) is 18.2 Å². The van der Waals surface area contributed by atoms with E-state index in [1.807, 2.05) is 5.92 Å². The second-order valence-electron chi connectivity index (χ2n) is 2.38. The summed E-state index contributed by atoms with van der Waals surface area (Å²) in [6, 6.07) is 3.10. The maximum atomic E-state index is 12.7. The zero-order valence-electron chi connectivity index (χ0n) is 6.95. The van der Waals surface area contributed by atoms with Crippen LogP contribution in [0.4, 0.5) is 4.39 Å². The van der Waals surface area contributed by atoms with Crippen LogP contribution in [0.1, 0.15) is 15.9 Å². The van der Waals surface area contributed by atoms with E-state index in [1.165, 1.54) is 0 Å². The number of carbonyl (C=O) groups is 2. The molecule has 1 rings (SSSR count). The molecule has 0 aliphatic rings. The number of aldehydes is 1. The summed E-state index contributed by atoms with van der Waals surface area (Å²) in [6.07, 6.45) is 0.316. The van der Waals surface area contributed by atoms with Crippen molar-refractivity contribution in [3.63, 3.8) is 0 Å². The van der Waals surface area contributed by atoms with Gasteiger partial charge >= 0.3 is 5.97 Å². The first kappa shape index (κ1) is 9.93. The Morgan fingerprint density at radius 1 is 1.50 bits per heavy atom. The first-order valence-electron chi connectivity index (χ1n) is 3.63. The van der Waals surface area contributed by atoms with Crippen molar-refractivity contribution < 1.29 is 19.1 Å². The van der Waals surface area contributed by atoms with Gasteiger partial charge in [-0.15, -0.1) is 0 Å². The third kappa shape index (κ3) is 2.17. The fourth-order valence-electron chi connectivity index (χ4n) is 0.914. The maximum absolute atomic E-state index is 12.7.